The second-order valence-corrected chi connectivity index (χ2v) is 6.39. The number of anilines is 1. The van der Waals surface area contributed by atoms with Crippen LogP contribution in [0.2, 0.25) is 0 Å². The molecule has 1 amide bonds. The number of carboxylic acids is 1. The molecule has 2 atom stereocenters. The first-order valence-corrected chi connectivity index (χ1v) is 7.65. The van der Waals surface area contributed by atoms with E-state index in [9.17, 15) is 14.7 Å². The number of carboxylic acid groups (broad SMARTS) is 1. The molecule has 1 heterocycles. The molecule has 1 aromatic rings. The molecule has 0 spiro atoms. The quantitative estimate of drug-likeness (QED) is 0.806. The number of ether oxygens (including phenoxy) is 1. The highest BCUT2D eigenvalue weighted by Gasteiger charge is 2.29. The van der Waals surface area contributed by atoms with Crippen LogP contribution in [0.3, 0.4) is 0 Å². The minimum atomic E-state index is -1.11. The Morgan fingerprint density at radius 1 is 1.35 bits per heavy atom. The third kappa shape index (κ3) is 3.39. The topological polar surface area (TPSA) is 75.6 Å². The van der Waals surface area contributed by atoms with Gasteiger partial charge in [0.15, 0.2) is 0 Å². The number of halogens is 2. The molecule has 1 fully saturated rings. The summed E-state index contributed by atoms with van der Waals surface area (Å²) in [5.41, 5.74) is 0.263. The third-order valence-electron chi connectivity index (χ3n) is 3.06. The Balaban J connectivity index is 2.24. The number of nitrogens with one attached hydrogen (secondary N) is 1. The van der Waals surface area contributed by atoms with Crippen molar-refractivity contribution in [2.75, 3.05) is 5.32 Å². The first kappa shape index (κ1) is 15.5. The first-order chi connectivity index (χ1) is 9.38. The monoisotopic (exact) mass is 405 g/mol. The van der Waals surface area contributed by atoms with Crippen LogP contribution in [-0.2, 0) is 9.53 Å². The summed E-state index contributed by atoms with van der Waals surface area (Å²) in [5.74, 6) is -1.43. The number of hydrogen-bond acceptors (Lipinski definition) is 3. The van der Waals surface area contributed by atoms with Crippen molar-refractivity contribution in [1.29, 1.82) is 0 Å². The summed E-state index contributed by atoms with van der Waals surface area (Å²) in [6.07, 6.45) is 0.995. The van der Waals surface area contributed by atoms with Crippen LogP contribution >= 0.6 is 31.9 Å². The van der Waals surface area contributed by atoms with Crippen LogP contribution in [0, 0.1) is 0 Å². The Hall–Kier alpha value is -0.920. The Morgan fingerprint density at radius 3 is 2.60 bits per heavy atom. The summed E-state index contributed by atoms with van der Waals surface area (Å²) in [7, 11) is 0. The van der Waals surface area contributed by atoms with E-state index in [0.29, 0.717) is 15.4 Å². The van der Waals surface area contributed by atoms with Crippen LogP contribution in [0.1, 0.15) is 30.1 Å². The first-order valence-electron chi connectivity index (χ1n) is 6.07. The molecule has 1 saturated heterocycles. The van der Waals surface area contributed by atoms with Crippen molar-refractivity contribution in [3.63, 3.8) is 0 Å². The van der Waals surface area contributed by atoms with Crippen LogP contribution < -0.4 is 5.32 Å². The van der Waals surface area contributed by atoms with E-state index in [-0.39, 0.29) is 23.3 Å². The zero-order valence-electron chi connectivity index (χ0n) is 10.7. The minimum Gasteiger partial charge on any atom is -0.478 e. The minimum absolute atomic E-state index is 0.0191. The molecule has 108 valence electrons. The van der Waals surface area contributed by atoms with Crippen molar-refractivity contribution in [2.45, 2.75) is 32.0 Å². The van der Waals surface area contributed by atoms with Crippen LogP contribution in [0.5, 0.6) is 0 Å². The number of hydrogen-bond donors (Lipinski definition) is 2. The van der Waals surface area contributed by atoms with Gasteiger partial charge in [-0.1, -0.05) is 15.9 Å². The van der Waals surface area contributed by atoms with Gasteiger partial charge in [0.05, 0.1) is 17.4 Å². The van der Waals surface area contributed by atoms with Crippen molar-refractivity contribution < 1.29 is 19.4 Å². The maximum absolute atomic E-state index is 12.1. The normalized spacial score (nSPS) is 21.8. The number of aromatic carboxylic acids is 1. The van der Waals surface area contributed by atoms with Crippen LogP contribution in [0.15, 0.2) is 21.1 Å². The highest BCUT2D eigenvalue weighted by molar-refractivity contribution is 9.11. The molecular weight excluding hydrogens is 394 g/mol. The molecule has 20 heavy (non-hydrogen) atoms. The van der Waals surface area contributed by atoms with Gasteiger partial charge in [-0.3, -0.25) is 4.79 Å². The number of rotatable bonds is 3. The van der Waals surface area contributed by atoms with Gasteiger partial charge < -0.3 is 15.2 Å². The molecule has 0 radical (unpaired) electrons. The van der Waals surface area contributed by atoms with Crippen LogP contribution in [0.4, 0.5) is 5.69 Å². The molecule has 0 bridgehead atoms. The summed E-state index contributed by atoms with van der Waals surface area (Å²) in [6.45, 7) is 1.91. The van der Waals surface area contributed by atoms with E-state index in [1.54, 1.807) is 6.07 Å². The van der Waals surface area contributed by atoms with E-state index in [1.807, 2.05) is 6.92 Å². The Bertz CT molecular complexity index is 562. The maximum Gasteiger partial charge on any atom is 0.337 e. The summed E-state index contributed by atoms with van der Waals surface area (Å²) < 4.78 is 6.59. The van der Waals surface area contributed by atoms with Crippen molar-refractivity contribution in [3.8, 4) is 0 Å². The molecule has 5 nitrogen and oxygen atoms in total. The standard InChI is InChI=1S/C13H13Br2NO4/c1-6-2-3-10(20-6)12(17)16-11-8(13(18)19)4-7(14)5-9(11)15/h4-6,10H,2-3H2,1H3,(H,16,17)(H,18,19). The van der Waals surface area contributed by atoms with E-state index in [4.69, 9.17) is 4.74 Å². The second-order valence-electron chi connectivity index (χ2n) is 4.62. The molecule has 2 rings (SSSR count). The number of carbonyl (C=O) groups excluding carboxylic acids is 1. The fourth-order valence-electron chi connectivity index (χ4n) is 2.07. The molecule has 1 aliphatic heterocycles. The largest absolute Gasteiger partial charge is 0.478 e. The summed E-state index contributed by atoms with van der Waals surface area (Å²) >= 11 is 6.49. The van der Waals surface area contributed by atoms with Crippen molar-refractivity contribution in [2.24, 2.45) is 0 Å². The molecule has 2 unspecified atom stereocenters. The molecule has 1 aromatic carbocycles. The van der Waals surface area contributed by atoms with E-state index in [2.05, 4.69) is 37.2 Å². The SMILES string of the molecule is CC1CCC(C(=O)Nc2c(Br)cc(Br)cc2C(=O)O)O1. The lowest BCUT2D eigenvalue weighted by Crippen LogP contribution is -2.28. The Kier molecular flexibility index (Phi) is 4.82. The Labute approximate surface area is 132 Å². The molecule has 0 aromatic heterocycles. The number of benzene rings is 1. The molecule has 0 saturated carbocycles. The van der Waals surface area contributed by atoms with Gasteiger partial charge in [-0.15, -0.1) is 0 Å². The van der Waals surface area contributed by atoms with Gasteiger partial charge in [-0.05, 0) is 47.8 Å². The molecular formula is C13H13Br2NO4. The predicted molar refractivity (Wildman–Crippen MR) is 81.0 cm³/mol. The van der Waals surface area contributed by atoms with E-state index >= 15 is 0 Å². The molecule has 2 N–H and O–H groups in total. The fraction of sp³-hybridized carbons (Fsp3) is 0.385. The van der Waals surface area contributed by atoms with Crippen molar-refractivity contribution >= 4 is 49.4 Å². The van der Waals surface area contributed by atoms with Gasteiger partial charge in [0.1, 0.15) is 6.10 Å². The lowest BCUT2D eigenvalue weighted by Gasteiger charge is -2.15. The van der Waals surface area contributed by atoms with Gasteiger partial charge in [-0.25, -0.2) is 4.79 Å². The lowest BCUT2D eigenvalue weighted by atomic mass is 10.1. The summed E-state index contributed by atoms with van der Waals surface area (Å²) in [5, 5.41) is 11.8. The number of amides is 1. The molecule has 1 aliphatic rings. The Morgan fingerprint density at radius 2 is 2.05 bits per heavy atom. The van der Waals surface area contributed by atoms with E-state index in [1.165, 1.54) is 6.07 Å². The van der Waals surface area contributed by atoms with Crippen molar-refractivity contribution in [1.82, 2.24) is 0 Å². The highest BCUT2D eigenvalue weighted by atomic mass is 79.9. The number of carbonyl (C=O) groups is 2. The lowest BCUT2D eigenvalue weighted by molar-refractivity contribution is -0.126. The average molecular weight is 407 g/mol. The highest BCUT2D eigenvalue weighted by Crippen LogP contribution is 2.31. The van der Waals surface area contributed by atoms with E-state index < -0.39 is 12.1 Å². The second kappa shape index (κ2) is 6.24. The molecule has 0 aliphatic carbocycles. The van der Waals surface area contributed by atoms with Gasteiger partial charge in [-0.2, -0.15) is 0 Å². The van der Waals surface area contributed by atoms with Crippen LogP contribution in [-0.4, -0.2) is 29.2 Å². The summed E-state index contributed by atoms with van der Waals surface area (Å²) in [4.78, 5) is 23.4. The third-order valence-corrected chi connectivity index (χ3v) is 4.14. The van der Waals surface area contributed by atoms with E-state index in [0.717, 1.165) is 6.42 Å². The summed E-state index contributed by atoms with van der Waals surface area (Å²) in [6, 6.07) is 3.13. The maximum atomic E-state index is 12.1. The fourth-order valence-corrected chi connectivity index (χ4v) is 3.39. The van der Waals surface area contributed by atoms with Crippen LogP contribution in [0.25, 0.3) is 0 Å². The smallest absolute Gasteiger partial charge is 0.337 e. The van der Waals surface area contributed by atoms with Crippen molar-refractivity contribution in [3.05, 3.63) is 26.6 Å². The van der Waals surface area contributed by atoms with Gasteiger partial charge >= 0.3 is 5.97 Å². The van der Waals surface area contributed by atoms with Gasteiger partial charge in [0, 0.05) is 8.95 Å². The van der Waals surface area contributed by atoms with Gasteiger partial charge in [0.25, 0.3) is 5.91 Å². The molecule has 7 heteroatoms. The zero-order valence-corrected chi connectivity index (χ0v) is 13.8. The predicted octanol–water partition coefficient (Wildman–Crippen LogP) is 3.42. The average Bonchev–Trinajstić information content (AvgIpc) is 2.78. The zero-order chi connectivity index (χ0) is 14.9. The van der Waals surface area contributed by atoms with Gasteiger partial charge in [0.2, 0.25) is 0 Å².